The molecule has 0 fully saturated rings. The Labute approximate surface area is 136 Å². The van der Waals surface area contributed by atoms with Gasteiger partial charge in [-0.1, -0.05) is 29.3 Å². The molecule has 116 valence electrons. The average molecular weight is 344 g/mol. The molecule has 0 aromatic heterocycles. The highest BCUT2D eigenvalue weighted by Crippen LogP contribution is 2.36. The lowest BCUT2D eigenvalue weighted by Gasteiger charge is -2.13. The number of rotatable bonds is 4. The van der Waals surface area contributed by atoms with Crippen LogP contribution < -0.4 is 14.8 Å². The third kappa shape index (κ3) is 3.26. The molecule has 1 amide bonds. The summed E-state index contributed by atoms with van der Waals surface area (Å²) in [6.07, 6.45) is 0. The number of ether oxygens (including phenoxy) is 2. The van der Waals surface area contributed by atoms with Gasteiger partial charge in [0.25, 0.3) is 5.91 Å². The largest absolute Gasteiger partial charge is 0.495 e. The Balaban J connectivity index is 2.40. The molecule has 2 aromatic rings. The van der Waals surface area contributed by atoms with Crippen molar-refractivity contribution in [3.05, 3.63) is 51.8 Å². The van der Waals surface area contributed by atoms with Crippen LogP contribution in [-0.2, 0) is 0 Å². The van der Waals surface area contributed by atoms with Crippen LogP contribution in [-0.4, -0.2) is 20.1 Å². The Hall–Kier alpha value is -1.98. The van der Waals surface area contributed by atoms with Crippen molar-refractivity contribution in [3.8, 4) is 11.5 Å². The predicted molar refractivity (Wildman–Crippen MR) is 83.9 cm³/mol. The van der Waals surface area contributed by atoms with Crippen molar-refractivity contribution in [1.82, 2.24) is 0 Å². The molecule has 0 spiro atoms. The number of nitrogens with one attached hydrogen (secondary N) is 1. The number of hydrogen-bond donors (Lipinski definition) is 1. The van der Waals surface area contributed by atoms with Gasteiger partial charge in [0.05, 0.1) is 35.5 Å². The SMILES string of the molecule is COc1cc(NC(=O)c2c(F)cccc2Cl)c(OC)cc1Cl. The minimum Gasteiger partial charge on any atom is -0.495 e. The first-order valence-electron chi connectivity index (χ1n) is 6.14. The quantitative estimate of drug-likeness (QED) is 0.894. The van der Waals surface area contributed by atoms with E-state index < -0.39 is 11.7 Å². The number of benzene rings is 2. The van der Waals surface area contributed by atoms with Gasteiger partial charge in [-0.25, -0.2) is 4.39 Å². The fraction of sp³-hybridized carbons (Fsp3) is 0.133. The Morgan fingerprint density at radius 1 is 1.09 bits per heavy atom. The van der Waals surface area contributed by atoms with Crippen LogP contribution >= 0.6 is 23.2 Å². The highest BCUT2D eigenvalue weighted by Gasteiger charge is 2.18. The molecule has 0 bridgehead atoms. The standard InChI is InChI=1S/C15H12Cl2FNO3/c1-21-12-7-11(13(22-2)6-9(12)17)19-15(20)14-8(16)4-3-5-10(14)18/h3-7H,1-2H3,(H,19,20). The maximum absolute atomic E-state index is 13.8. The van der Waals surface area contributed by atoms with E-state index in [2.05, 4.69) is 5.32 Å². The summed E-state index contributed by atoms with van der Waals surface area (Å²) in [7, 11) is 2.86. The van der Waals surface area contributed by atoms with E-state index in [1.165, 1.54) is 38.5 Å². The van der Waals surface area contributed by atoms with Crippen LogP contribution in [0.2, 0.25) is 10.0 Å². The number of amides is 1. The summed E-state index contributed by atoms with van der Waals surface area (Å²) in [5.74, 6) is -0.764. The molecule has 0 radical (unpaired) electrons. The molecule has 22 heavy (non-hydrogen) atoms. The zero-order chi connectivity index (χ0) is 16.3. The monoisotopic (exact) mass is 343 g/mol. The second-order valence-corrected chi connectivity index (χ2v) is 5.05. The van der Waals surface area contributed by atoms with Crippen molar-refractivity contribution in [2.45, 2.75) is 0 Å². The van der Waals surface area contributed by atoms with Crippen LogP contribution in [0.25, 0.3) is 0 Å². The zero-order valence-electron chi connectivity index (χ0n) is 11.7. The first kappa shape index (κ1) is 16.4. The predicted octanol–water partition coefficient (Wildman–Crippen LogP) is 4.40. The van der Waals surface area contributed by atoms with Crippen LogP contribution in [0.15, 0.2) is 30.3 Å². The van der Waals surface area contributed by atoms with Crippen LogP contribution in [0.3, 0.4) is 0 Å². The van der Waals surface area contributed by atoms with Gasteiger partial charge in [-0.05, 0) is 12.1 Å². The van der Waals surface area contributed by atoms with Crippen molar-refractivity contribution >= 4 is 34.8 Å². The van der Waals surface area contributed by atoms with Gasteiger partial charge < -0.3 is 14.8 Å². The Morgan fingerprint density at radius 2 is 1.77 bits per heavy atom. The topological polar surface area (TPSA) is 47.6 Å². The molecule has 0 saturated carbocycles. The smallest absolute Gasteiger partial charge is 0.260 e. The van der Waals surface area contributed by atoms with Crippen molar-refractivity contribution in [3.63, 3.8) is 0 Å². The van der Waals surface area contributed by atoms with Gasteiger partial charge in [0.1, 0.15) is 17.3 Å². The minimum absolute atomic E-state index is 0.0115. The number of carbonyl (C=O) groups excluding carboxylic acids is 1. The third-order valence-electron chi connectivity index (χ3n) is 2.91. The maximum atomic E-state index is 13.8. The third-order valence-corrected chi connectivity index (χ3v) is 3.52. The summed E-state index contributed by atoms with van der Waals surface area (Å²) in [6.45, 7) is 0. The van der Waals surface area contributed by atoms with Gasteiger partial charge in [-0.15, -0.1) is 0 Å². The van der Waals surface area contributed by atoms with Crippen molar-refractivity contribution in [1.29, 1.82) is 0 Å². The minimum atomic E-state index is -0.718. The lowest BCUT2D eigenvalue weighted by Crippen LogP contribution is -2.15. The molecule has 7 heteroatoms. The van der Waals surface area contributed by atoms with E-state index in [0.29, 0.717) is 16.5 Å². The van der Waals surface area contributed by atoms with Gasteiger partial charge in [-0.2, -0.15) is 0 Å². The molecule has 0 aliphatic carbocycles. The summed E-state index contributed by atoms with van der Waals surface area (Å²) in [5, 5.41) is 2.87. The average Bonchev–Trinajstić information content (AvgIpc) is 2.48. The molecule has 4 nitrogen and oxygen atoms in total. The maximum Gasteiger partial charge on any atom is 0.260 e. The molecule has 0 unspecified atom stereocenters. The van der Waals surface area contributed by atoms with E-state index in [1.807, 2.05) is 0 Å². The van der Waals surface area contributed by atoms with Gasteiger partial charge in [0.15, 0.2) is 0 Å². The summed E-state index contributed by atoms with van der Waals surface area (Å²) in [5.41, 5.74) is 0.0354. The molecule has 2 rings (SSSR count). The van der Waals surface area contributed by atoms with Crippen molar-refractivity contribution < 1.29 is 18.7 Å². The van der Waals surface area contributed by atoms with Crippen LogP contribution in [0.4, 0.5) is 10.1 Å². The Kier molecular flexibility index (Phi) is 5.11. The molecular weight excluding hydrogens is 332 g/mol. The van der Waals surface area contributed by atoms with Crippen LogP contribution in [0.1, 0.15) is 10.4 Å². The lowest BCUT2D eigenvalue weighted by molar-refractivity contribution is 0.102. The molecule has 0 saturated heterocycles. The first-order valence-corrected chi connectivity index (χ1v) is 6.90. The summed E-state index contributed by atoms with van der Waals surface area (Å²) in [6, 6.07) is 6.97. The van der Waals surface area contributed by atoms with E-state index in [-0.39, 0.29) is 16.3 Å². The van der Waals surface area contributed by atoms with Gasteiger partial charge in [-0.3, -0.25) is 4.79 Å². The molecule has 0 heterocycles. The normalized spacial score (nSPS) is 10.2. The van der Waals surface area contributed by atoms with E-state index in [4.69, 9.17) is 32.7 Å². The van der Waals surface area contributed by atoms with E-state index in [1.54, 1.807) is 0 Å². The number of hydrogen-bond acceptors (Lipinski definition) is 3. The highest BCUT2D eigenvalue weighted by atomic mass is 35.5. The highest BCUT2D eigenvalue weighted by molar-refractivity contribution is 6.34. The van der Waals surface area contributed by atoms with Gasteiger partial charge in [0.2, 0.25) is 0 Å². The van der Waals surface area contributed by atoms with E-state index in [9.17, 15) is 9.18 Å². The number of methoxy groups -OCH3 is 2. The number of carbonyl (C=O) groups is 1. The Bertz CT molecular complexity index is 702. The second-order valence-electron chi connectivity index (χ2n) is 4.24. The van der Waals surface area contributed by atoms with E-state index in [0.717, 1.165) is 6.07 Å². The molecule has 0 aliphatic heterocycles. The zero-order valence-corrected chi connectivity index (χ0v) is 13.3. The Morgan fingerprint density at radius 3 is 2.36 bits per heavy atom. The van der Waals surface area contributed by atoms with Crippen molar-refractivity contribution in [2.24, 2.45) is 0 Å². The summed E-state index contributed by atoms with van der Waals surface area (Å²) < 4.78 is 24.0. The molecule has 0 atom stereocenters. The summed E-state index contributed by atoms with van der Waals surface area (Å²) >= 11 is 11.9. The molecule has 1 N–H and O–H groups in total. The molecule has 2 aromatic carbocycles. The van der Waals surface area contributed by atoms with E-state index >= 15 is 0 Å². The lowest BCUT2D eigenvalue weighted by atomic mass is 10.2. The molecular formula is C15H12Cl2FNO3. The molecule has 0 aliphatic rings. The summed E-state index contributed by atoms with van der Waals surface area (Å²) in [4.78, 5) is 12.2. The van der Waals surface area contributed by atoms with Crippen molar-refractivity contribution in [2.75, 3.05) is 19.5 Å². The fourth-order valence-corrected chi connectivity index (χ4v) is 2.34. The fourth-order valence-electron chi connectivity index (χ4n) is 1.86. The number of anilines is 1. The van der Waals surface area contributed by atoms with Crippen LogP contribution in [0.5, 0.6) is 11.5 Å². The van der Waals surface area contributed by atoms with Gasteiger partial charge >= 0.3 is 0 Å². The number of halogens is 3. The first-order chi connectivity index (χ1) is 10.5. The second kappa shape index (κ2) is 6.85. The van der Waals surface area contributed by atoms with Gasteiger partial charge in [0, 0.05) is 12.1 Å². The van der Waals surface area contributed by atoms with Crippen LogP contribution in [0, 0.1) is 5.82 Å².